The summed E-state index contributed by atoms with van der Waals surface area (Å²) >= 11 is 0. The van der Waals surface area contributed by atoms with Crippen LogP contribution >= 0.6 is 0 Å². The lowest BCUT2D eigenvalue weighted by molar-refractivity contribution is -0.110. The Morgan fingerprint density at radius 3 is 2.53 bits per heavy atom. The van der Waals surface area contributed by atoms with Gasteiger partial charge >= 0.3 is 0 Å². The van der Waals surface area contributed by atoms with E-state index < -0.39 is 0 Å². The molecule has 0 unspecified atom stereocenters. The van der Waals surface area contributed by atoms with E-state index in [-0.39, 0.29) is 11.3 Å². The monoisotopic (exact) mass is 204 g/mol. The highest BCUT2D eigenvalue weighted by atomic mass is 16.1. The van der Waals surface area contributed by atoms with Crippen LogP contribution in [0.3, 0.4) is 0 Å². The van der Waals surface area contributed by atoms with Gasteiger partial charge in [-0.05, 0) is 23.0 Å². The molecule has 0 amide bonds. The predicted molar refractivity (Wildman–Crippen MR) is 64.1 cm³/mol. The smallest absolute Gasteiger partial charge is 0.123 e. The molecule has 0 heterocycles. The molecule has 82 valence electrons. The van der Waals surface area contributed by atoms with Gasteiger partial charge in [-0.3, -0.25) is 0 Å². The number of hydrogen-bond acceptors (Lipinski definition) is 1. The fraction of sp³-hybridized carbons (Fsp3) is 0.500. The molecule has 15 heavy (non-hydrogen) atoms. The second kappa shape index (κ2) is 4.61. The Morgan fingerprint density at radius 2 is 2.00 bits per heavy atom. The lowest BCUT2D eigenvalue weighted by Crippen LogP contribution is -2.11. The Bertz CT molecular complexity index is 333. The van der Waals surface area contributed by atoms with E-state index in [1.165, 1.54) is 11.1 Å². The van der Waals surface area contributed by atoms with Gasteiger partial charge in [0.15, 0.2) is 0 Å². The van der Waals surface area contributed by atoms with Crippen LogP contribution in [0.5, 0.6) is 0 Å². The Morgan fingerprint density at radius 1 is 1.33 bits per heavy atom. The maximum Gasteiger partial charge on any atom is 0.123 e. The molecule has 0 aliphatic carbocycles. The molecular formula is C14H20O. The molecule has 0 bridgehead atoms. The number of carbonyl (C=O) groups excluding carboxylic acids is 1. The van der Waals surface area contributed by atoms with Gasteiger partial charge in [0.1, 0.15) is 6.29 Å². The third kappa shape index (κ3) is 3.50. The molecule has 0 saturated heterocycles. The number of aldehydes is 1. The fourth-order valence-corrected chi connectivity index (χ4v) is 1.58. The number of hydrogen-bond donors (Lipinski definition) is 0. The molecule has 0 aromatic heterocycles. The van der Waals surface area contributed by atoms with Gasteiger partial charge in [0.25, 0.3) is 0 Å². The van der Waals surface area contributed by atoms with Crippen molar-refractivity contribution < 1.29 is 4.79 Å². The van der Waals surface area contributed by atoms with Crippen molar-refractivity contribution in [2.24, 2.45) is 5.92 Å². The van der Waals surface area contributed by atoms with E-state index in [1.54, 1.807) is 0 Å². The predicted octanol–water partition coefficient (Wildman–Crippen LogP) is 3.36. The summed E-state index contributed by atoms with van der Waals surface area (Å²) in [5, 5.41) is 0. The van der Waals surface area contributed by atoms with E-state index in [4.69, 9.17) is 0 Å². The van der Waals surface area contributed by atoms with E-state index in [0.29, 0.717) is 0 Å². The Kier molecular flexibility index (Phi) is 3.67. The van der Waals surface area contributed by atoms with Crippen molar-refractivity contribution in [1.29, 1.82) is 0 Å². The Labute approximate surface area is 92.5 Å². The molecule has 1 aromatic rings. The van der Waals surface area contributed by atoms with Crippen LogP contribution in [-0.4, -0.2) is 6.29 Å². The van der Waals surface area contributed by atoms with Crippen LogP contribution in [0.2, 0.25) is 0 Å². The van der Waals surface area contributed by atoms with Gasteiger partial charge in [0, 0.05) is 5.92 Å². The van der Waals surface area contributed by atoms with Crippen LogP contribution < -0.4 is 0 Å². The minimum atomic E-state index is 0.111. The van der Waals surface area contributed by atoms with Gasteiger partial charge in [-0.15, -0.1) is 0 Å². The van der Waals surface area contributed by atoms with Crippen LogP contribution in [0.4, 0.5) is 0 Å². The summed E-state index contributed by atoms with van der Waals surface area (Å²) in [5.74, 6) is 0.111. The lowest BCUT2D eigenvalue weighted by Gasteiger charge is -2.20. The maximum atomic E-state index is 10.6. The third-order valence-electron chi connectivity index (χ3n) is 2.58. The van der Waals surface area contributed by atoms with Crippen LogP contribution in [-0.2, 0) is 16.6 Å². The van der Waals surface area contributed by atoms with Crippen molar-refractivity contribution in [2.45, 2.75) is 39.5 Å². The summed E-state index contributed by atoms with van der Waals surface area (Å²) in [6.45, 7) is 8.57. The summed E-state index contributed by atoms with van der Waals surface area (Å²) < 4.78 is 0. The van der Waals surface area contributed by atoms with Crippen molar-refractivity contribution in [3.63, 3.8) is 0 Å². The molecule has 1 nitrogen and oxygen atoms in total. The number of benzene rings is 1. The van der Waals surface area contributed by atoms with Gasteiger partial charge in [-0.2, -0.15) is 0 Å². The van der Waals surface area contributed by atoms with Gasteiger partial charge < -0.3 is 4.79 Å². The highest BCUT2D eigenvalue weighted by Crippen LogP contribution is 2.23. The third-order valence-corrected chi connectivity index (χ3v) is 2.58. The van der Waals surface area contributed by atoms with Crippen LogP contribution in [0.1, 0.15) is 38.8 Å². The lowest BCUT2D eigenvalue weighted by atomic mass is 9.85. The molecule has 0 aliphatic heterocycles. The first-order valence-corrected chi connectivity index (χ1v) is 5.48. The molecule has 1 aromatic carbocycles. The van der Waals surface area contributed by atoms with Crippen molar-refractivity contribution in [1.82, 2.24) is 0 Å². The molecule has 0 spiro atoms. The molecular weight excluding hydrogens is 184 g/mol. The zero-order chi connectivity index (χ0) is 11.5. The standard InChI is InChI=1S/C14H20O/c1-11(10-15)8-12-6-5-7-13(9-12)14(2,3)4/h5-7,9-11H,8H2,1-4H3/t11-/m1/s1. The Hall–Kier alpha value is -1.11. The first-order chi connectivity index (χ1) is 6.93. The van der Waals surface area contributed by atoms with Crippen LogP contribution in [0.15, 0.2) is 24.3 Å². The quantitative estimate of drug-likeness (QED) is 0.690. The van der Waals surface area contributed by atoms with E-state index in [0.717, 1.165) is 12.7 Å². The minimum absolute atomic E-state index is 0.111. The molecule has 0 fully saturated rings. The number of carbonyl (C=O) groups is 1. The van der Waals surface area contributed by atoms with Crippen LogP contribution in [0.25, 0.3) is 0 Å². The SMILES string of the molecule is C[C@@H](C=O)Cc1cccc(C(C)(C)C)c1. The molecule has 0 radical (unpaired) electrons. The summed E-state index contributed by atoms with van der Waals surface area (Å²) in [4.78, 5) is 10.6. The van der Waals surface area contributed by atoms with Crippen LogP contribution in [0, 0.1) is 5.92 Å². The number of rotatable bonds is 3. The van der Waals surface area contributed by atoms with E-state index in [9.17, 15) is 4.79 Å². The zero-order valence-electron chi connectivity index (χ0n) is 10.1. The highest BCUT2D eigenvalue weighted by Gasteiger charge is 2.13. The van der Waals surface area contributed by atoms with Gasteiger partial charge in [-0.25, -0.2) is 0 Å². The van der Waals surface area contributed by atoms with E-state index >= 15 is 0 Å². The van der Waals surface area contributed by atoms with Crippen molar-refractivity contribution in [3.8, 4) is 0 Å². The molecule has 1 heteroatoms. The minimum Gasteiger partial charge on any atom is -0.303 e. The average molecular weight is 204 g/mol. The van der Waals surface area contributed by atoms with Gasteiger partial charge in [0.05, 0.1) is 0 Å². The second-order valence-corrected chi connectivity index (χ2v) is 5.27. The van der Waals surface area contributed by atoms with Gasteiger partial charge in [0.2, 0.25) is 0 Å². The van der Waals surface area contributed by atoms with Crippen molar-refractivity contribution in [2.75, 3.05) is 0 Å². The highest BCUT2D eigenvalue weighted by molar-refractivity contribution is 5.53. The molecule has 1 rings (SSSR count). The van der Waals surface area contributed by atoms with E-state index in [1.807, 2.05) is 6.92 Å². The van der Waals surface area contributed by atoms with Crippen molar-refractivity contribution in [3.05, 3.63) is 35.4 Å². The normalized spacial score (nSPS) is 13.6. The molecule has 0 N–H and O–H groups in total. The summed E-state index contributed by atoms with van der Waals surface area (Å²) in [5.41, 5.74) is 2.76. The Balaban J connectivity index is 2.88. The second-order valence-electron chi connectivity index (χ2n) is 5.27. The molecule has 0 saturated carbocycles. The largest absolute Gasteiger partial charge is 0.303 e. The first-order valence-electron chi connectivity index (χ1n) is 5.48. The fourth-order valence-electron chi connectivity index (χ4n) is 1.58. The van der Waals surface area contributed by atoms with Crippen molar-refractivity contribution >= 4 is 6.29 Å². The molecule has 0 aliphatic rings. The molecule has 1 atom stereocenters. The topological polar surface area (TPSA) is 17.1 Å². The average Bonchev–Trinajstić information content (AvgIpc) is 2.17. The van der Waals surface area contributed by atoms with E-state index in [2.05, 4.69) is 45.0 Å². The summed E-state index contributed by atoms with van der Waals surface area (Å²) in [7, 11) is 0. The maximum absolute atomic E-state index is 10.6. The van der Waals surface area contributed by atoms with Gasteiger partial charge in [-0.1, -0.05) is 52.0 Å². The zero-order valence-corrected chi connectivity index (χ0v) is 10.1. The summed E-state index contributed by atoms with van der Waals surface area (Å²) in [6.07, 6.45) is 1.86. The first kappa shape index (κ1) is 12.0. The summed E-state index contributed by atoms with van der Waals surface area (Å²) in [6, 6.07) is 8.53.